The standard InChI is InChI=1S/C15H21BrN2O3/c1-3-15(4-2,13(19)20)10-18-14(21)17-9-11-7-5-6-8-12(11)16/h5-8H,3-4,9-10H2,1-2H3,(H,19,20)(H2,17,18,21). The first kappa shape index (κ1) is 17.5. The Morgan fingerprint density at radius 2 is 1.81 bits per heavy atom. The summed E-state index contributed by atoms with van der Waals surface area (Å²) < 4.78 is 0.923. The summed E-state index contributed by atoms with van der Waals surface area (Å²) >= 11 is 3.41. The second kappa shape index (κ2) is 8.02. The molecule has 1 aromatic carbocycles. The molecule has 1 rings (SSSR count). The molecule has 3 N–H and O–H groups in total. The van der Waals surface area contributed by atoms with E-state index in [9.17, 15) is 14.7 Å². The molecule has 2 amide bonds. The molecule has 21 heavy (non-hydrogen) atoms. The number of nitrogens with one attached hydrogen (secondary N) is 2. The number of benzene rings is 1. The number of carboxylic acid groups (broad SMARTS) is 1. The zero-order valence-electron chi connectivity index (χ0n) is 12.3. The van der Waals surface area contributed by atoms with Crippen molar-refractivity contribution < 1.29 is 14.7 Å². The highest BCUT2D eigenvalue weighted by atomic mass is 79.9. The predicted molar refractivity (Wildman–Crippen MR) is 85.0 cm³/mol. The van der Waals surface area contributed by atoms with E-state index in [1.807, 2.05) is 38.1 Å². The maximum Gasteiger partial charge on any atom is 0.315 e. The lowest BCUT2D eigenvalue weighted by molar-refractivity contribution is -0.149. The zero-order valence-corrected chi connectivity index (χ0v) is 13.9. The molecule has 5 nitrogen and oxygen atoms in total. The van der Waals surface area contributed by atoms with Gasteiger partial charge >= 0.3 is 12.0 Å². The summed E-state index contributed by atoms with van der Waals surface area (Å²) in [5, 5.41) is 14.7. The number of carbonyl (C=O) groups excluding carboxylic acids is 1. The number of hydrogen-bond donors (Lipinski definition) is 3. The van der Waals surface area contributed by atoms with Gasteiger partial charge in [0.1, 0.15) is 0 Å². The first-order valence-electron chi connectivity index (χ1n) is 6.93. The van der Waals surface area contributed by atoms with E-state index < -0.39 is 11.4 Å². The molecular weight excluding hydrogens is 336 g/mol. The molecule has 0 fully saturated rings. The minimum atomic E-state index is -0.898. The number of urea groups is 1. The maximum atomic E-state index is 11.8. The second-order valence-electron chi connectivity index (χ2n) is 4.92. The molecule has 0 saturated heterocycles. The third kappa shape index (κ3) is 4.74. The van der Waals surface area contributed by atoms with Crippen LogP contribution in [0.2, 0.25) is 0 Å². The van der Waals surface area contributed by atoms with Gasteiger partial charge in [-0.25, -0.2) is 4.79 Å². The molecule has 0 aromatic heterocycles. The van der Waals surface area contributed by atoms with Gasteiger partial charge in [-0.3, -0.25) is 4.79 Å². The van der Waals surface area contributed by atoms with E-state index in [-0.39, 0.29) is 12.6 Å². The predicted octanol–water partition coefficient (Wildman–Crippen LogP) is 3.14. The Morgan fingerprint density at radius 3 is 2.33 bits per heavy atom. The van der Waals surface area contributed by atoms with E-state index >= 15 is 0 Å². The van der Waals surface area contributed by atoms with Crippen LogP contribution < -0.4 is 10.6 Å². The molecular formula is C15H21BrN2O3. The molecule has 0 aliphatic heterocycles. The van der Waals surface area contributed by atoms with E-state index in [1.165, 1.54) is 0 Å². The Kier molecular flexibility index (Phi) is 6.68. The first-order chi connectivity index (χ1) is 9.95. The average molecular weight is 357 g/mol. The van der Waals surface area contributed by atoms with Crippen LogP contribution in [0.3, 0.4) is 0 Å². The second-order valence-corrected chi connectivity index (χ2v) is 5.77. The Morgan fingerprint density at radius 1 is 1.19 bits per heavy atom. The van der Waals surface area contributed by atoms with E-state index in [1.54, 1.807) is 0 Å². The molecule has 0 atom stereocenters. The molecule has 0 aliphatic carbocycles. The van der Waals surface area contributed by atoms with Gasteiger partial charge in [-0.2, -0.15) is 0 Å². The number of rotatable bonds is 7. The lowest BCUT2D eigenvalue weighted by atomic mass is 9.82. The van der Waals surface area contributed by atoms with Crippen molar-refractivity contribution >= 4 is 27.9 Å². The van der Waals surface area contributed by atoms with Crippen molar-refractivity contribution in [3.63, 3.8) is 0 Å². The third-order valence-corrected chi connectivity index (χ3v) is 4.57. The number of carboxylic acids is 1. The van der Waals surface area contributed by atoms with Gasteiger partial charge in [-0.1, -0.05) is 48.0 Å². The van der Waals surface area contributed by atoms with Crippen molar-refractivity contribution in [2.24, 2.45) is 5.41 Å². The third-order valence-electron chi connectivity index (χ3n) is 3.79. The first-order valence-corrected chi connectivity index (χ1v) is 7.73. The quantitative estimate of drug-likeness (QED) is 0.702. The Balaban J connectivity index is 2.51. The fourth-order valence-corrected chi connectivity index (χ4v) is 2.43. The summed E-state index contributed by atoms with van der Waals surface area (Å²) in [6, 6.07) is 7.24. The Labute approximate surface area is 133 Å². The van der Waals surface area contributed by atoms with E-state index in [0.29, 0.717) is 19.4 Å². The summed E-state index contributed by atoms with van der Waals surface area (Å²) in [7, 11) is 0. The van der Waals surface area contributed by atoms with Gasteiger partial charge in [-0.15, -0.1) is 0 Å². The van der Waals surface area contributed by atoms with Crippen LogP contribution in [-0.4, -0.2) is 23.7 Å². The molecule has 6 heteroatoms. The average Bonchev–Trinajstić information content (AvgIpc) is 2.47. The van der Waals surface area contributed by atoms with Gasteiger partial charge in [0.25, 0.3) is 0 Å². The molecule has 0 saturated carbocycles. The minimum absolute atomic E-state index is 0.122. The topological polar surface area (TPSA) is 78.4 Å². The molecule has 0 radical (unpaired) electrons. The fraction of sp³-hybridized carbons (Fsp3) is 0.467. The molecule has 0 aliphatic rings. The van der Waals surface area contributed by atoms with Crippen molar-refractivity contribution in [3.05, 3.63) is 34.3 Å². The van der Waals surface area contributed by atoms with E-state index in [4.69, 9.17) is 0 Å². The van der Waals surface area contributed by atoms with Crippen LogP contribution in [0.1, 0.15) is 32.3 Å². The van der Waals surface area contributed by atoms with Crippen molar-refractivity contribution in [2.45, 2.75) is 33.2 Å². The van der Waals surface area contributed by atoms with Gasteiger partial charge in [-0.05, 0) is 24.5 Å². The molecule has 0 unspecified atom stereocenters. The highest BCUT2D eigenvalue weighted by Gasteiger charge is 2.35. The highest BCUT2D eigenvalue weighted by molar-refractivity contribution is 9.10. The molecule has 0 spiro atoms. The summed E-state index contributed by atoms with van der Waals surface area (Å²) in [6.07, 6.45) is 0.951. The lowest BCUT2D eigenvalue weighted by Crippen LogP contribution is -2.45. The summed E-state index contributed by atoms with van der Waals surface area (Å²) in [6.45, 7) is 4.14. The van der Waals surface area contributed by atoms with Gasteiger partial charge < -0.3 is 15.7 Å². The van der Waals surface area contributed by atoms with Crippen LogP contribution in [-0.2, 0) is 11.3 Å². The zero-order chi connectivity index (χ0) is 15.9. The van der Waals surface area contributed by atoms with Crippen LogP contribution in [0, 0.1) is 5.41 Å². The number of carbonyl (C=O) groups is 2. The normalized spacial score (nSPS) is 11.0. The summed E-state index contributed by atoms with van der Waals surface area (Å²) in [4.78, 5) is 23.1. The molecule has 0 heterocycles. The summed E-state index contributed by atoms with van der Waals surface area (Å²) in [5.74, 6) is -0.876. The SMILES string of the molecule is CCC(CC)(CNC(=O)NCc1ccccc1Br)C(=O)O. The summed E-state index contributed by atoms with van der Waals surface area (Å²) in [5.41, 5.74) is 0.0631. The number of aliphatic carboxylic acids is 1. The Bertz CT molecular complexity index is 501. The van der Waals surface area contributed by atoms with Crippen LogP contribution in [0.4, 0.5) is 4.79 Å². The van der Waals surface area contributed by atoms with Gasteiger partial charge in [0.05, 0.1) is 5.41 Å². The van der Waals surface area contributed by atoms with Gasteiger partial charge in [0, 0.05) is 17.6 Å². The smallest absolute Gasteiger partial charge is 0.315 e. The molecule has 1 aromatic rings. The van der Waals surface area contributed by atoms with Crippen molar-refractivity contribution in [3.8, 4) is 0 Å². The fourth-order valence-electron chi connectivity index (χ4n) is 2.01. The monoisotopic (exact) mass is 356 g/mol. The van der Waals surface area contributed by atoms with Gasteiger partial charge in [0.2, 0.25) is 0 Å². The highest BCUT2D eigenvalue weighted by Crippen LogP contribution is 2.25. The number of hydrogen-bond acceptors (Lipinski definition) is 2. The maximum absolute atomic E-state index is 11.8. The largest absolute Gasteiger partial charge is 0.481 e. The molecule has 0 bridgehead atoms. The van der Waals surface area contributed by atoms with Crippen LogP contribution in [0.15, 0.2) is 28.7 Å². The van der Waals surface area contributed by atoms with Crippen molar-refractivity contribution in [1.29, 1.82) is 0 Å². The van der Waals surface area contributed by atoms with Crippen molar-refractivity contribution in [1.82, 2.24) is 10.6 Å². The van der Waals surface area contributed by atoms with Crippen LogP contribution in [0.25, 0.3) is 0 Å². The lowest BCUT2D eigenvalue weighted by Gasteiger charge is -2.26. The van der Waals surface area contributed by atoms with Crippen LogP contribution in [0.5, 0.6) is 0 Å². The number of halogens is 1. The van der Waals surface area contributed by atoms with E-state index in [2.05, 4.69) is 26.6 Å². The van der Waals surface area contributed by atoms with Crippen LogP contribution >= 0.6 is 15.9 Å². The van der Waals surface area contributed by atoms with E-state index in [0.717, 1.165) is 10.0 Å². The molecule has 116 valence electrons. The minimum Gasteiger partial charge on any atom is -0.481 e. The van der Waals surface area contributed by atoms with Crippen molar-refractivity contribution in [2.75, 3.05) is 6.54 Å². The number of amides is 2. The Hall–Kier alpha value is -1.56. The van der Waals surface area contributed by atoms with Gasteiger partial charge in [0.15, 0.2) is 0 Å².